The van der Waals surface area contributed by atoms with Gasteiger partial charge in [-0.2, -0.15) is 0 Å². The summed E-state index contributed by atoms with van der Waals surface area (Å²) >= 11 is 9.54. The number of benzene rings is 2. The zero-order chi connectivity index (χ0) is 15.2. The third-order valence-electron chi connectivity index (χ3n) is 3.36. The van der Waals surface area contributed by atoms with Gasteiger partial charge < -0.3 is 4.90 Å². The Labute approximate surface area is 138 Å². The first-order valence-electron chi connectivity index (χ1n) is 6.77. The van der Waals surface area contributed by atoms with Crippen molar-refractivity contribution in [1.29, 1.82) is 0 Å². The molecule has 0 atom stereocenters. The average molecular weight is 367 g/mol. The smallest absolute Gasteiger partial charge is 0.254 e. The Bertz CT molecular complexity index is 615. The number of amides is 1. The highest BCUT2D eigenvalue weighted by Gasteiger charge is 2.18. The lowest BCUT2D eigenvalue weighted by Gasteiger charge is -2.23. The summed E-state index contributed by atoms with van der Waals surface area (Å²) in [6.45, 7) is 3.13. The molecule has 0 N–H and O–H groups in total. The number of hydrogen-bond acceptors (Lipinski definition) is 1. The Morgan fingerprint density at radius 3 is 2.52 bits per heavy atom. The molecule has 2 rings (SSSR count). The molecule has 0 spiro atoms. The molecule has 110 valence electrons. The van der Waals surface area contributed by atoms with Crippen LogP contribution in [0, 0.1) is 6.92 Å². The van der Waals surface area contributed by atoms with Crippen LogP contribution in [0.2, 0.25) is 5.02 Å². The summed E-state index contributed by atoms with van der Waals surface area (Å²) in [7, 11) is 0. The van der Waals surface area contributed by atoms with Crippen LogP contribution >= 0.6 is 27.5 Å². The van der Waals surface area contributed by atoms with Crippen LogP contribution < -0.4 is 0 Å². The molecule has 21 heavy (non-hydrogen) atoms. The van der Waals surface area contributed by atoms with E-state index in [1.54, 1.807) is 6.07 Å². The minimum Gasteiger partial charge on any atom is -0.333 e. The highest BCUT2D eigenvalue weighted by molar-refractivity contribution is 9.09. The van der Waals surface area contributed by atoms with Crippen LogP contribution in [-0.2, 0) is 6.54 Å². The maximum absolute atomic E-state index is 12.8. The summed E-state index contributed by atoms with van der Waals surface area (Å²) in [6, 6.07) is 15.4. The molecule has 0 unspecified atom stereocenters. The van der Waals surface area contributed by atoms with Crippen LogP contribution in [0.15, 0.2) is 48.5 Å². The predicted molar refractivity (Wildman–Crippen MR) is 91.2 cm³/mol. The van der Waals surface area contributed by atoms with Crippen molar-refractivity contribution in [3.63, 3.8) is 0 Å². The molecule has 1 amide bonds. The fraction of sp³-hybridized carbons (Fsp3) is 0.235. The van der Waals surface area contributed by atoms with Gasteiger partial charge in [-0.25, -0.2) is 0 Å². The predicted octanol–water partition coefficient (Wildman–Crippen LogP) is 4.69. The van der Waals surface area contributed by atoms with Gasteiger partial charge in [0.05, 0.1) is 0 Å². The number of rotatable bonds is 5. The molecule has 0 aliphatic carbocycles. The first kappa shape index (κ1) is 16.1. The maximum Gasteiger partial charge on any atom is 0.254 e. The summed E-state index contributed by atoms with van der Waals surface area (Å²) in [5.41, 5.74) is 2.61. The van der Waals surface area contributed by atoms with Gasteiger partial charge in [-0.1, -0.05) is 63.9 Å². The van der Waals surface area contributed by atoms with Crippen molar-refractivity contribution in [3.05, 3.63) is 70.2 Å². The molecule has 2 nitrogen and oxygen atoms in total. The first-order valence-corrected chi connectivity index (χ1v) is 8.27. The topological polar surface area (TPSA) is 20.3 Å². The Hall–Kier alpha value is -1.32. The fourth-order valence-electron chi connectivity index (χ4n) is 2.17. The summed E-state index contributed by atoms with van der Waals surface area (Å²) in [5.74, 6) is 0.0123. The van der Waals surface area contributed by atoms with Gasteiger partial charge in [-0.05, 0) is 30.2 Å². The summed E-state index contributed by atoms with van der Waals surface area (Å²) in [6.07, 6.45) is 0. The average Bonchev–Trinajstić information content (AvgIpc) is 2.50. The van der Waals surface area contributed by atoms with Crippen molar-refractivity contribution in [3.8, 4) is 0 Å². The van der Waals surface area contributed by atoms with Gasteiger partial charge in [0, 0.05) is 29.0 Å². The molecule has 0 saturated carbocycles. The lowest BCUT2D eigenvalue weighted by molar-refractivity contribution is 0.0754. The molecule has 4 heteroatoms. The van der Waals surface area contributed by atoms with E-state index in [0.717, 1.165) is 16.5 Å². The third-order valence-corrected chi connectivity index (χ3v) is 4.12. The summed E-state index contributed by atoms with van der Waals surface area (Å²) < 4.78 is 0. The van der Waals surface area contributed by atoms with Gasteiger partial charge in [-0.3, -0.25) is 4.79 Å². The molecular weight excluding hydrogens is 350 g/mol. The molecule has 0 saturated heterocycles. The van der Waals surface area contributed by atoms with E-state index in [9.17, 15) is 4.79 Å². The second-order valence-electron chi connectivity index (χ2n) is 4.81. The van der Waals surface area contributed by atoms with Crippen molar-refractivity contribution in [2.45, 2.75) is 13.5 Å². The molecule has 2 aromatic carbocycles. The van der Waals surface area contributed by atoms with Gasteiger partial charge in [0.2, 0.25) is 0 Å². The second kappa shape index (κ2) is 7.62. The summed E-state index contributed by atoms with van der Waals surface area (Å²) in [4.78, 5) is 14.6. The van der Waals surface area contributed by atoms with Crippen molar-refractivity contribution < 1.29 is 4.79 Å². The largest absolute Gasteiger partial charge is 0.333 e. The van der Waals surface area contributed by atoms with Crippen molar-refractivity contribution in [2.24, 2.45) is 0 Å². The molecule has 0 aliphatic rings. The minimum atomic E-state index is 0.0123. The van der Waals surface area contributed by atoms with E-state index in [0.29, 0.717) is 23.7 Å². The Balaban J connectivity index is 2.25. The van der Waals surface area contributed by atoms with E-state index < -0.39 is 0 Å². The second-order valence-corrected chi connectivity index (χ2v) is 6.01. The van der Waals surface area contributed by atoms with Gasteiger partial charge in [-0.15, -0.1) is 0 Å². The Kier molecular flexibility index (Phi) is 5.83. The zero-order valence-corrected chi connectivity index (χ0v) is 14.2. The molecule has 0 bridgehead atoms. The van der Waals surface area contributed by atoms with Gasteiger partial charge in [0.25, 0.3) is 5.91 Å². The molecule has 2 aromatic rings. The van der Waals surface area contributed by atoms with Crippen LogP contribution in [0.5, 0.6) is 0 Å². The molecule has 0 heterocycles. The molecule has 0 radical (unpaired) electrons. The van der Waals surface area contributed by atoms with Crippen LogP contribution in [0.25, 0.3) is 0 Å². The minimum absolute atomic E-state index is 0.0123. The summed E-state index contributed by atoms with van der Waals surface area (Å²) in [5, 5.41) is 1.37. The van der Waals surface area contributed by atoms with Crippen LogP contribution in [0.3, 0.4) is 0 Å². The highest BCUT2D eigenvalue weighted by Crippen LogP contribution is 2.21. The Morgan fingerprint density at radius 2 is 1.86 bits per heavy atom. The molecular formula is C17H17BrClNO. The van der Waals surface area contributed by atoms with Crippen molar-refractivity contribution >= 4 is 33.4 Å². The standard InChI is InChI=1S/C17H17BrClNO/c1-13-15(8-5-9-16(13)19)17(21)20(11-10-18)12-14-6-3-2-4-7-14/h2-9H,10-12H2,1H3. The van der Waals surface area contributed by atoms with E-state index in [-0.39, 0.29) is 5.91 Å². The van der Waals surface area contributed by atoms with E-state index >= 15 is 0 Å². The number of carbonyl (C=O) groups excluding carboxylic acids is 1. The lowest BCUT2D eigenvalue weighted by Crippen LogP contribution is -2.32. The molecule has 0 fully saturated rings. The lowest BCUT2D eigenvalue weighted by atomic mass is 10.1. The van der Waals surface area contributed by atoms with E-state index in [1.807, 2.05) is 54.3 Å². The highest BCUT2D eigenvalue weighted by atomic mass is 79.9. The van der Waals surface area contributed by atoms with Crippen molar-refractivity contribution in [1.82, 2.24) is 4.90 Å². The SMILES string of the molecule is Cc1c(Cl)cccc1C(=O)N(CCBr)Cc1ccccc1. The van der Waals surface area contributed by atoms with E-state index in [1.165, 1.54) is 0 Å². The molecule has 0 aromatic heterocycles. The monoisotopic (exact) mass is 365 g/mol. The van der Waals surface area contributed by atoms with E-state index in [2.05, 4.69) is 15.9 Å². The third kappa shape index (κ3) is 4.08. The maximum atomic E-state index is 12.8. The number of nitrogens with zero attached hydrogens (tertiary/aromatic N) is 1. The van der Waals surface area contributed by atoms with Crippen LogP contribution in [-0.4, -0.2) is 22.7 Å². The van der Waals surface area contributed by atoms with Crippen molar-refractivity contribution in [2.75, 3.05) is 11.9 Å². The van der Waals surface area contributed by atoms with Gasteiger partial charge in [0.15, 0.2) is 0 Å². The van der Waals surface area contributed by atoms with E-state index in [4.69, 9.17) is 11.6 Å². The number of halogens is 2. The van der Waals surface area contributed by atoms with Gasteiger partial charge >= 0.3 is 0 Å². The van der Waals surface area contributed by atoms with Crippen LogP contribution in [0.1, 0.15) is 21.5 Å². The quantitative estimate of drug-likeness (QED) is 0.703. The van der Waals surface area contributed by atoms with Crippen LogP contribution in [0.4, 0.5) is 0 Å². The number of carbonyl (C=O) groups is 1. The number of hydrogen-bond donors (Lipinski definition) is 0. The zero-order valence-electron chi connectivity index (χ0n) is 11.9. The first-order chi connectivity index (χ1) is 10.1. The van der Waals surface area contributed by atoms with Gasteiger partial charge in [0.1, 0.15) is 0 Å². The number of alkyl halides is 1. The fourth-order valence-corrected chi connectivity index (χ4v) is 2.77. The normalized spacial score (nSPS) is 10.4. The Morgan fingerprint density at radius 1 is 1.14 bits per heavy atom. The molecule has 0 aliphatic heterocycles.